The van der Waals surface area contributed by atoms with Crippen LogP contribution in [-0.2, 0) is 7.05 Å². The molecule has 8 heteroatoms. The Hall–Kier alpha value is -2.64. The Bertz CT molecular complexity index is 723. The van der Waals surface area contributed by atoms with E-state index in [4.69, 9.17) is 0 Å². The van der Waals surface area contributed by atoms with Crippen LogP contribution in [0.3, 0.4) is 0 Å². The Morgan fingerprint density at radius 3 is 2.38 bits per heavy atom. The van der Waals surface area contributed by atoms with Crippen molar-refractivity contribution < 1.29 is 4.79 Å². The number of rotatable bonds is 7. The fraction of sp³-hybridized carbons (Fsp3) is 0.500. The summed E-state index contributed by atoms with van der Waals surface area (Å²) in [4.78, 5) is 20.9. The van der Waals surface area contributed by atoms with E-state index in [-0.39, 0.29) is 5.91 Å². The van der Waals surface area contributed by atoms with Crippen molar-refractivity contribution in [3.8, 4) is 0 Å². The number of amides is 1. The summed E-state index contributed by atoms with van der Waals surface area (Å²) in [5.41, 5.74) is 2.24. The predicted molar refractivity (Wildman–Crippen MR) is 94.4 cm³/mol. The third kappa shape index (κ3) is 4.21. The molecule has 3 N–H and O–H groups in total. The normalized spacial score (nSPS) is 10.5. The fourth-order valence-corrected chi connectivity index (χ4v) is 2.49. The number of hydrogen-bond donors (Lipinski definition) is 3. The third-order valence-corrected chi connectivity index (χ3v) is 3.65. The summed E-state index contributed by atoms with van der Waals surface area (Å²) in [6, 6.07) is 1.85. The molecule has 0 saturated carbocycles. The quantitative estimate of drug-likeness (QED) is 0.664. The Kier molecular flexibility index (Phi) is 5.73. The van der Waals surface area contributed by atoms with Crippen molar-refractivity contribution in [1.29, 1.82) is 0 Å². The molecule has 0 saturated heterocycles. The average molecular weight is 331 g/mol. The maximum atomic E-state index is 12.3. The number of nitrogens with zero attached hydrogens (tertiary/aromatic N) is 4. The van der Waals surface area contributed by atoms with E-state index >= 15 is 0 Å². The summed E-state index contributed by atoms with van der Waals surface area (Å²) in [6.07, 6.45) is 0. The van der Waals surface area contributed by atoms with Crippen LogP contribution in [0.4, 0.5) is 11.6 Å². The number of hydrogen-bond acceptors (Lipinski definition) is 6. The van der Waals surface area contributed by atoms with Gasteiger partial charge in [-0.3, -0.25) is 9.48 Å². The summed E-state index contributed by atoms with van der Waals surface area (Å²) in [5, 5.41) is 13.5. The van der Waals surface area contributed by atoms with E-state index in [1.807, 2.05) is 40.8 Å². The first-order valence-corrected chi connectivity index (χ1v) is 8.04. The van der Waals surface area contributed by atoms with Crippen LogP contribution in [0.1, 0.15) is 34.5 Å². The van der Waals surface area contributed by atoms with Gasteiger partial charge in [-0.05, 0) is 27.7 Å². The van der Waals surface area contributed by atoms with Crippen molar-refractivity contribution in [2.45, 2.75) is 27.7 Å². The molecule has 2 aromatic heterocycles. The lowest BCUT2D eigenvalue weighted by Gasteiger charge is -2.10. The average Bonchev–Trinajstić information content (AvgIpc) is 2.76. The molecule has 2 rings (SSSR count). The summed E-state index contributed by atoms with van der Waals surface area (Å²) in [5.74, 6) is 2.12. The molecule has 2 aromatic rings. The molecule has 0 aliphatic heterocycles. The van der Waals surface area contributed by atoms with Gasteiger partial charge in [-0.25, -0.2) is 9.97 Å². The minimum absolute atomic E-state index is 0.105. The highest BCUT2D eigenvalue weighted by atomic mass is 16.1. The highest BCUT2D eigenvalue weighted by Crippen LogP contribution is 2.12. The Morgan fingerprint density at radius 2 is 1.79 bits per heavy atom. The van der Waals surface area contributed by atoms with E-state index < -0.39 is 0 Å². The molecule has 0 aromatic carbocycles. The topological polar surface area (TPSA) is 96.8 Å². The second-order valence-electron chi connectivity index (χ2n) is 5.57. The van der Waals surface area contributed by atoms with E-state index in [0.29, 0.717) is 24.5 Å². The number of nitrogens with one attached hydrogen (secondary N) is 3. The Balaban J connectivity index is 1.88. The van der Waals surface area contributed by atoms with Crippen LogP contribution in [0, 0.1) is 20.8 Å². The Morgan fingerprint density at radius 1 is 1.12 bits per heavy atom. The van der Waals surface area contributed by atoms with Crippen molar-refractivity contribution in [3.05, 3.63) is 28.8 Å². The van der Waals surface area contributed by atoms with E-state index in [1.165, 1.54) is 0 Å². The molecule has 0 atom stereocenters. The number of aryl methyl sites for hydroxylation is 3. The standard InChI is InChI=1S/C16H25N7O/c1-6-17-13-9-14(21-12(4)20-13)18-7-8-19-16(24)15-10(2)22-23(5)11(15)3/h9H,6-8H2,1-5H3,(H,19,24)(H2,17,18,20,21). The summed E-state index contributed by atoms with van der Waals surface area (Å²) in [6.45, 7) is 9.46. The highest BCUT2D eigenvalue weighted by Gasteiger charge is 2.16. The van der Waals surface area contributed by atoms with Crippen molar-refractivity contribution in [2.24, 2.45) is 7.05 Å². The first-order chi connectivity index (χ1) is 11.4. The lowest BCUT2D eigenvalue weighted by molar-refractivity contribution is 0.0954. The molecule has 0 aliphatic carbocycles. The molecule has 2 heterocycles. The van der Waals surface area contributed by atoms with Crippen molar-refractivity contribution in [1.82, 2.24) is 25.1 Å². The van der Waals surface area contributed by atoms with E-state index in [0.717, 1.165) is 29.6 Å². The minimum Gasteiger partial charge on any atom is -0.370 e. The fourth-order valence-electron chi connectivity index (χ4n) is 2.49. The van der Waals surface area contributed by atoms with Crippen LogP contribution >= 0.6 is 0 Å². The van der Waals surface area contributed by atoms with Gasteiger partial charge < -0.3 is 16.0 Å². The summed E-state index contributed by atoms with van der Waals surface area (Å²) >= 11 is 0. The second kappa shape index (κ2) is 7.76. The largest absolute Gasteiger partial charge is 0.370 e. The molecular formula is C16H25N7O. The molecule has 8 nitrogen and oxygen atoms in total. The van der Waals surface area contributed by atoms with Gasteiger partial charge in [-0.2, -0.15) is 5.10 Å². The Labute approximate surface area is 142 Å². The van der Waals surface area contributed by atoms with Gasteiger partial charge in [0.15, 0.2) is 0 Å². The van der Waals surface area contributed by atoms with Crippen LogP contribution in [-0.4, -0.2) is 45.3 Å². The van der Waals surface area contributed by atoms with Crippen LogP contribution in [0.5, 0.6) is 0 Å². The smallest absolute Gasteiger partial charge is 0.255 e. The maximum Gasteiger partial charge on any atom is 0.255 e. The van der Waals surface area contributed by atoms with Crippen LogP contribution in [0.2, 0.25) is 0 Å². The molecule has 0 radical (unpaired) electrons. The zero-order chi connectivity index (χ0) is 17.7. The van der Waals surface area contributed by atoms with Gasteiger partial charge in [0.25, 0.3) is 5.91 Å². The molecular weight excluding hydrogens is 306 g/mol. The SMILES string of the molecule is CCNc1cc(NCCNC(=O)c2c(C)nn(C)c2C)nc(C)n1. The first-order valence-electron chi connectivity index (χ1n) is 8.04. The zero-order valence-electron chi connectivity index (χ0n) is 14.9. The number of carbonyl (C=O) groups is 1. The van der Waals surface area contributed by atoms with Gasteiger partial charge in [0.05, 0.1) is 11.3 Å². The summed E-state index contributed by atoms with van der Waals surface area (Å²) < 4.78 is 1.72. The van der Waals surface area contributed by atoms with E-state index in [9.17, 15) is 4.79 Å². The highest BCUT2D eigenvalue weighted by molar-refractivity contribution is 5.96. The van der Waals surface area contributed by atoms with Crippen molar-refractivity contribution in [3.63, 3.8) is 0 Å². The zero-order valence-corrected chi connectivity index (χ0v) is 14.9. The monoisotopic (exact) mass is 331 g/mol. The van der Waals surface area contributed by atoms with Gasteiger partial charge in [-0.1, -0.05) is 0 Å². The molecule has 130 valence electrons. The van der Waals surface area contributed by atoms with Gasteiger partial charge >= 0.3 is 0 Å². The number of anilines is 2. The lowest BCUT2D eigenvalue weighted by atomic mass is 10.2. The molecule has 0 unspecified atom stereocenters. The first kappa shape index (κ1) is 17.7. The van der Waals surface area contributed by atoms with Gasteiger partial charge in [-0.15, -0.1) is 0 Å². The van der Waals surface area contributed by atoms with Gasteiger partial charge in [0, 0.05) is 38.4 Å². The van der Waals surface area contributed by atoms with Crippen LogP contribution in [0.25, 0.3) is 0 Å². The van der Waals surface area contributed by atoms with Crippen LogP contribution in [0.15, 0.2) is 6.07 Å². The van der Waals surface area contributed by atoms with Crippen molar-refractivity contribution >= 4 is 17.5 Å². The minimum atomic E-state index is -0.105. The van der Waals surface area contributed by atoms with E-state index in [1.54, 1.807) is 4.68 Å². The lowest BCUT2D eigenvalue weighted by Crippen LogP contribution is -2.29. The second-order valence-corrected chi connectivity index (χ2v) is 5.57. The third-order valence-electron chi connectivity index (χ3n) is 3.65. The predicted octanol–water partition coefficient (Wildman–Crippen LogP) is 1.41. The molecule has 0 spiro atoms. The maximum absolute atomic E-state index is 12.3. The molecule has 24 heavy (non-hydrogen) atoms. The number of aromatic nitrogens is 4. The van der Waals surface area contributed by atoms with Crippen molar-refractivity contribution in [2.75, 3.05) is 30.3 Å². The van der Waals surface area contributed by atoms with E-state index in [2.05, 4.69) is 31.0 Å². The van der Waals surface area contributed by atoms with Gasteiger partial charge in [0.1, 0.15) is 17.5 Å². The molecule has 0 aliphatic rings. The van der Waals surface area contributed by atoms with Gasteiger partial charge in [0.2, 0.25) is 0 Å². The summed E-state index contributed by atoms with van der Waals surface area (Å²) in [7, 11) is 1.83. The van der Waals surface area contributed by atoms with Crippen LogP contribution < -0.4 is 16.0 Å². The molecule has 0 fully saturated rings. The molecule has 0 bridgehead atoms. The number of carbonyl (C=O) groups excluding carboxylic acids is 1. The molecule has 1 amide bonds.